The van der Waals surface area contributed by atoms with E-state index in [0.717, 1.165) is 42.6 Å². The molecule has 0 spiro atoms. The minimum absolute atomic E-state index is 0.00883. The molecule has 9 heteroatoms. The first-order chi connectivity index (χ1) is 16.5. The molecule has 1 atom stereocenters. The van der Waals surface area contributed by atoms with E-state index in [1.807, 2.05) is 24.3 Å². The van der Waals surface area contributed by atoms with E-state index in [4.69, 9.17) is 21.4 Å². The number of carbonyl (C=O) groups is 1. The van der Waals surface area contributed by atoms with Crippen molar-refractivity contribution in [1.29, 1.82) is 0 Å². The summed E-state index contributed by atoms with van der Waals surface area (Å²) in [6.45, 7) is 3.20. The standard InChI is InChI=1S/C25H30ClN5O3/c1-34-14-9-24(32)28-11-13-30-12-2-3-20(30)17-31-25(33)21-8-10-27-16-22(21)23(29-31)15-18-4-6-19(26)7-5-18/h4-8,10,16,20H,2-3,9,11-15,17H2,1H3,(H,28,32). The third-order valence-electron chi connectivity index (χ3n) is 6.26. The molecule has 3 aromatic rings. The Balaban J connectivity index is 1.50. The molecular weight excluding hydrogens is 454 g/mol. The van der Waals surface area contributed by atoms with Gasteiger partial charge in [-0.1, -0.05) is 23.7 Å². The molecule has 1 aromatic carbocycles. The lowest BCUT2D eigenvalue weighted by atomic mass is 10.1. The molecule has 1 amide bonds. The fraction of sp³-hybridized carbons (Fsp3) is 0.440. The van der Waals surface area contributed by atoms with Gasteiger partial charge in [0.1, 0.15) is 0 Å². The molecule has 0 bridgehead atoms. The number of nitrogens with zero attached hydrogens (tertiary/aromatic N) is 4. The molecule has 34 heavy (non-hydrogen) atoms. The first-order valence-electron chi connectivity index (χ1n) is 11.6. The van der Waals surface area contributed by atoms with Crippen molar-refractivity contribution in [3.8, 4) is 0 Å². The molecule has 1 aliphatic heterocycles. The molecule has 1 unspecified atom stereocenters. The highest BCUT2D eigenvalue weighted by Crippen LogP contribution is 2.20. The van der Waals surface area contributed by atoms with Crippen molar-refractivity contribution >= 4 is 28.3 Å². The van der Waals surface area contributed by atoms with E-state index < -0.39 is 0 Å². The van der Waals surface area contributed by atoms with Crippen LogP contribution in [0.5, 0.6) is 0 Å². The molecular formula is C25H30ClN5O3. The number of aromatic nitrogens is 3. The number of pyridine rings is 1. The monoisotopic (exact) mass is 483 g/mol. The highest BCUT2D eigenvalue weighted by molar-refractivity contribution is 6.30. The number of hydrogen-bond donors (Lipinski definition) is 1. The van der Waals surface area contributed by atoms with Crippen LogP contribution in [0.25, 0.3) is 10.8 Å². The van der Waals surface area contributed by atoms with E-state index in [-0.39, 0.29) is 17.5 Å². The maximum Gasteiger partial charge on any atom is 0.274 e. The van der Waals surface area contributed by atoms with Gasteiger partial charge < -0.3 is 10.1 Å². The van der Waals surface area contributed by atoms with Crippen LogP contribution in [0, 0.1) is 0 Å². The van der Waals surface area contributed by atoms with Crippen LogP contribution in [0.3, 0.4) is 0 Å². The minimum atomic E-state index is -0.100. The van der Waals surface area contributed by atoms with Crippen LogP contribution in [0.1, 0.15) is 30.5 Å². The maximum absolute atomic E-state index is 13.2. The summed E-state index contributed by atoms with van der Waals surface area (Å²) < 4.78 is 6.55. The van der Waals surface area contributed by atoms with E-state index in [2.05, 4.69) is 15.2 Å². The van der Waals surface area contributed by atoms with Gasteiger partial charge in [-0.25, -0.2) is 4.68 Å². The van der Waals surface area contributed by atoms with Crippen LogP contribution in [0.15, 0.2) is 47.5 Å². The number of fused-ring (bicyclic) bond motifs is 1. The van der Waals surface area contributed by atoms with Crippen LogP contribution in [0.2, 0.25) is 5.02 Å². The maximum atomic E-state index is 13.2. The lowest BCUT2D eigenvalue weighted by molar-refractivity contribution is -0.122. The van der Waals surface area contributed by atoms with Crippen molar-refractivity contribution in [2.24, 2.45) is 0 Å². The van der Waals surface area contributed by atoms with Crippen molar-refractivity contribution in [1.82, 2.24) is 25.0 Å². The van der Waals surface area contributed by atoms with Gasteiger partial charge in [-0.05, 0) is 43.1 Å². The summed E-state index contributed by atoms with van der Waals surface area (Å²) in [4.78, 5) is 31.6. The predicted molar refractivity (Wildman–Crippen MR) is 132 cm³/mol. The van der Waals surface area contributed by atoms with Gasteiger partial charge >= 0.3 is 0 Å². The smallest absolute Gasteiger partial charge is 0.274 e. The summed E-state index contributed by atoms with van der Waals surface area (Å²) in [5.41, 5.74) is 1.79. The Bertz CT molecular complexity index is 1180. The fourth-order valence-corrected chi connectivity index (χ4v) is 4.59. The van der Waals surface area contributed by atoms with E-state index >= 15 is 0 Å². The first kappa shape index (κ1) is 24.3. The lowest BCUT2D eigenvalue weighted by Crippen LogP contribution is -2.41. The SMILES string of the molecule is COCCC(=O)NCCN1CCCC1Cn1nc(Cc2ccc(Cl)cc2)c2cnccc2c1=O. The average Bonchev–Trinajstić information content (AvgIpc) is 3.29. The summed E-state index contributed by atoms with van der Waals surface area (Å²) in [6, 6.07) is 9.63. The molecule has 0 radical (unpaired) electrons. The minimum Gasteiger partial charge on any atom is -0.384 e. The summed E-state index contributed by atoms with van der Waals surface area (Å²) in [5, 5.41) is 9.81. The molecule has 0 aliphatic carbocycles. The molecule has 180 valence electrons. The van der Waals surface area contributed by atoms with Gasteiger partial charge in [-0.3, -0.25) is 19.5 Å². The molecule has 1 aliphatic rings. The van der Waals surface area contributed by atoms with Gasteiger partial charge in [0.15, 0.2) is 0 Å². The van der Waals surface area contributed by atoms with Crippen LogP contribution in [-0.2, 0) is 22.5 Å². The number of carbonyl (C=O) groups excluding carboxylic acids is 1. The number of hydrogen-bond acceptors (Lipinski definition) is 6. The third kappa shape index (κ3) is 6.00. The summed E-state index contributed by atoms with van der Waals surface area (Å²) in [7, 11) is 1.59. The van der Waals surface area contributed by atoms with Crippen LogP contribution >= 0.6 is 11.6 Å². The number of nitrogens with one attached hydrogen (secondary N) is 1. The number of rotatable bonds is 10. The van der Waals surface area contributed by atoms with E-state index in [9.17, 15) is 9.59 Å². The summed E-state index contributed by atoms with van der Waals surface area (Å²) in [6.07, 6.45) is 6.36. The highest BCUT2D eigenvalue weighted by Gasteiger charge is 2.26. The van der Waals surface area contributed by atoms with Crippen molar-refractivity contribution in [2.75, 3.05) is 33.4 Å². The number of benzene rings is 1. The Labute approximate surface area is 203 Å². The zero-order chi connectivity index (χ0) is 23.9. The molecule has 3 heterocycles. The van der Waals surface area contributed by atoms with Gasteiger partial charge in [-0.2, -0.15) is 5.10 Å². The number of halogens is 1. The Morgan fingerprint density at radius 3 is 2.85 bits per heavy atom. The number of amides is 1. The largest absolute Gasteiger partial charge is 0.384 e. The lowest BCUT2D eigenvalue weighted by Gasteiger charge is -2.25. The van der Waals surface area contributed by atoms with Crippen LogP contribution < -0.4 is 10.9 Å². The Hall–Kier alpha value is -2.81. The fourth-order valence-electron chi connectivity index (χ4n) is 4.46. The van der Waals surface area contributed by atoms with Crippen molar-refractivity contribution in [2.45, 2.75) is 38.3 Å². The second kappa shape index (κ2) is 11.6. The Morgan fingerprint density at radius 2 is 2.06 bits per heavy atom. The molecule has 1 fully saturated rings. The van der Waals surface area contributed by atoms with Gasteiger partial charge in [0, 0.05) is 61.9 Å². The first-order valence-corrected chi connectivity index (χ1v) is 12.0. The zero-order valence-electron chi connectivity index (χ0n) is 19.4. The summed E-state index contributed by atoms with van der Waals surface area (Å²) >= 11 is 6.04. The van der Waals surface area contributed by atoms with E-state index in [0.29, 0.717) is 42.9 Å². The topological polar surface area (TPSA) is 89.3 Å². The van der Waals surface area contributed by atoms with Gasteiger partial charge in [0.05, 0.1) is 24.2 Å². The molecule has 0 saturated carbocycles. The molecule has 1 saturated heterocycles. The van der Waals surface area contributed by atoms with Crippen LogP contribution in [-0.4, -0.2) is 65.0 Å². The Kier molecular flexibility index (Phi) is 8.26. The third-order valence-corrected chi connectivity index (χ3v) is 6.51. The van der Waals surface area contributed by atoms with Crippen molar-refractivity contribution in [3.05, 3.63) is 69.4 Å². The summed E-state index contributed by atoms with van der Waals surface area (Å²) in [5.74, 6) is -0.00883. The average molecular weight is 484 g/mol. The quantitative estimate of drug-likeness (QED) is 0.477. The zero-order valence-corrected chi connectivity index (χ0v) is 20.1. The highest BCUT2D eigenvalue weighted by atomic mass is 35.5. The second-order valence-electron chi connectivity index (χ2n) is 8.58. The van der Waals surface area contributed by atoms with E-state index in [1.54, 1.807) is 30.3 Å². The molecule has 1 N–H and O–H groups in total. The second-order valence-corrected chi connectivity index (χ2v) is 9.02. The Morgan fingerprint density at radius 1 is 1.24 bits per heavy atom. The van der Waals surface area contributed by atoms with Crippen molar-refractivity contribution in [3.63, 3.8) is 0 Å². The molecule has 4 rings (SSSR count). The van der Waals surface area contributed by atoms with E-state index in [1.165, 1.54) is 0 Å². The number of likely N-dealkylation sites (tertiary alicyclic amines) is 1. The number of ether oxygens (including phenoxy) is 1. The van der Waals surface area contributed by atoms with Gasteiger partial charge in [0.25, 0.3) is 5.56 Å². The molecule has 2 aromatic heterocycles. The number of methoxy groups -OCH3 is 1. The normalized spacial score (nSPS) is 16.2. The van der Waals surface area contributed by atoms with Crippen molar-refractivity contribution < 1.29 is 9.53 Å². The van der Waals surface area contributed by atoms with Crippen LogP contribution in [0.4, 0.5) is 0 Å². The molecule has 8 nitrogen and oxygen atoms in total. The van der Waals surface area contributed by atoms with Gasteiger partial charge in [0.2, 0.25) is 5.91 Å². The predicted octanol–water partition coefficient (Wildman–Crippen LogP) is 2.65. The van der Waals surface area contributed by atoms with Gasteiger partial charge in [-0.15, -0.1) is 0 Å².